The number of benzene rings is 2. The molecule has 6 nitrogen and oxygen atoms in total. The lowest BCUT2D eigenvalue weighted by Crippen LogP contribution is -2.48. The summed E-state index contributed by atoms with van der Waals surface area (Å²) in [7, 11) is -0.451. The van der Waals surface area contributed by atoms with Crippen molar-refractivity contribution in [2.24, 2.45) is 0 Å². The molecule has 1 aliphatic heterocycles. The first-order valence-corrected chi connectivity index (χ1v) is 11.0. The number of sulfonamides is 1. The van der Waals surface area contributed by atoms with E-state index in [2.05, 4.69) is 5.32 Å². The van der Waals surface area contributed by atoms with Crippen molar-refractivity contribution in [1.82, 2.24) is 9.62 Å². The smallest absolute Gasteiger partial charge is 0.242 e. The van der Waals surface area contributed by atoms with Crippen molar-refractivity contribution >= 4 is 10.0 Å². The molecule has 0 aliphatic carbocycles. The van der Waals surface area contributed by atoms with E-state index in [0.717, 1.165) is 18.4 Å². The predicted molar refractivity (Wildman–Crippen MR) is 109 cm³/mol. The third-order valence-electron chi connectivity index (χ3n) is 5.18. The third kappa shape index (κ3) is 5.14. The van der Waals surface area contributed by atoms with Crippen molar-refractivity contribution in [3.63, 3.8) is 0 Å². The van der Waals surface area contributed by atoms with Crippen molar-refractivity contribution in [3.05, 3.63) is 59.9 Å². The fourth-order valence-corrected chi connectivity index (χ4v) is 4.34. The molecular formula is C21H27FN2O4S. The van der Waals surface area contributed by atoms with Gasteiger partial charge in [0.05, 0.1) is 4.90 Å². The zero-order valence-electron chi connectivity index (χ0n) is 16.7. The Morgan fingerprint density at radius 2 is 1.69 bits per heavy atom. The second kappa shape index (κ2) is 9.21. The zero-order valence-corrected chi connectivity index (χ0v) is 17.5. The molecule has 29 heavy (non-hydrogen) atoms. The summed E-state index contributed by atoms with van der Waals surface area (Å²) in [6, 6.07) is 13.0. The van der Waals surface area contributed by atoms with Crippen LogP contribution in [0.2, 0.25) is 0 Å². The van der Waals surface area contributed by atoms with Crippen molar-refractivity contribution in [1.29, 1.82) is 0 Å². The van der Waals surface area contributed by atoms with Gasteiger partial charge in [-0.3, -0.25) is 0 Å². The van der Waals surface area contributed by atoms with E-state index in [9.17, 15) is 12.8 Å². The molecule has 0 unspecified atom stereocenters. The number of ether oxygens (including phenoxy) is 2. The minimum Gasteiger partial charge on any atom is -0.492 e. The van der Waals surface area contributed by atoms with Crippen LogP contribution in [-0.2, 0) is 20.3 Å². The molecule has 0 radical (unpaired) electrons. The Hall–Kier alpha value is -2.00. The van der Waals surface area contributed by atoms with Crippen molar-refractivity contribution < 1.29 is 22.3 Å². The third-order valence-corrected chi connectivity index (χ3v) is 7.01. The molecule has 1 N–H and O–H groups in total. The maximum atomic E-state index is 13.3. The second-order valence-electron chi connectivity index (χ2n) is 7.24. The lowest BCUT2D eigenvalue weighted by Gasteiger charge is -2.39. The van der Waals surface area contributed by atoms with E-state index >= 15 is 0 Å². The van der Waals surface area contributed by atoms with Gasteiger partial charge >= 0.3 is 0 Å². The molecule has 158 valence electrons. The molecule has 0 aromatic heterocycles. The number of nitrogens with zero attached hydrogens (tertiary/aromatic N) is 1. The molecule has 1 fully saturated rings. The lowest BCUT2D eigenvalue weighted by molar-refractivity contribution is 0.0352. The summed E-state index contributed by atoms with van der Waals surface area (Å²) in [5.74, 6) is 0.353. The van der Waals surface area contributed by atoms with Crippen molar-refractivity contribution in [3.8, 4) is 5.75 Å². The van der Waals surface area contributed by atoms with Gasteiger partial charge in [0.1, 0.15) is 18.2 Å². The van der Waals surface area contributed by atoms with Crippen LogP contribution in [0.3, 0.4) is 0 Å². The summed E-state index contributed by atoms with van der Waals surface area (Å²) in [5, 5.41) is 3.56. The number of hydrogen-bond donors (Lipinski definition) is 1. The van der Waals surface area contributed by atoms with Crippen LogP contribution in [0, 0.1) is 5.82 Å². The summed E-state index contributed by atoms with van der Waals surface area (Å²) in [5.41, 5.74) is 0.777. The van der Waals surface area contributed by atoms with E-state index in [0.29, 0.717) is 32.1 Å². The fraction of sp³-hybridized carbons (Fsp3) is 0.429. The highest BCUT2D eigenvalue weighted by Crippen LogP contribution is 2.32. The predicted octanol–water partition coefficient (Wildman–Crippen LogP) is 2.75. The van der Waals surface area contributed by atoms with E-state index in [1.165, 1.54) is 42.7 Å². The van der Waals surface area contributed by atoms with Gasteiger partial charge in [0.15, 0.2) is 0 Å². The highest BCUT2D eigenvalue weighted by atomic mass is 32.2. The normalized spacial score (nSPS) is 16.7. The van der Waals surface area contributed by atoms with Crippen LogP contribution in [0.4, 0.5) is 4.39 Å². The molecule has 0 spiro atoms. The van der Waals surface area contributed by atoms with E-state index in [1.54, 1.807) is 12.1 Å². The monoisotopic (exact) mass is 422 g/mol. The average molecular weight is 423 g/mol. The fourth-order valence-electron chi connectivity index (χ4n) is 3.43. The minimum absolute atomic E-state index is 0.227. The SMILES string of the molecule is CN(C)S(=O)(=O)c1ccc(OCCNC2(c3ccc(F)cc3)CCOCC2)cc1. The van der Waals surface area contributed by atoms with Gasteiger partial charge in [0, 0.05) is 39.4 Å². The first-order chi connectivity index (χ1) is 13.8. The maximum absolute atomic E-state index is 13.3. The van der Waals surface area contributed by atoms with Crippen molar-refractivity contribution in [2.45, 2.75) is 23.3 Å². The highest BCUT2D eigenvalue weighted by Gasteiger charge is 2.33. The Bertz CT molecular complexity index is 893. The lowest BCUT2D eigenvalue weighted by atomic mass is 9.82. The van der Waals surface area contributed by atoms with Crippen LogP contribution >= 0.6 is 0 Å². The van der Waals surface area contributed by atoms with E-state index in [4.69, 9.17) is 9.47 Å². The highest BCUT2D eigenvalue weighted by molar-refractivity contribution is 7.89. The molecule has 0 bridgehead atoms. The molecule has 3 rings (SSSR count). The molecule has 2 aromatic rings. The molecule has 1 heterocycles. The molecule has 0 saturated carbocycles. The summed E-state index contributed by atoms with van der Waals surface area (Å²) >= 11 is 0. The number of hydrogen-bond acceptors (Lipinski definition) is 5. The van der Waals surface area contributed by atoms with E-state index < -0.39 is 10.0 Å². The standard InChI is InChI=1S/C21H27FN2O4S/c1-24(2)29(25,26)20-9-7-19(8-10-20)28-16-13-23-21(11-14-27-15-12-21)17-3-5-18(22)6-4-17/h3-10,23H,11-16H2,1-2H3. The first kappa shape index (κ1) is 21.7. The van der Waals surface area contributed by atoms with Crippen molar-refractivity contribution in [2.75, 3.05) is 40.5 Å². The molecule has 1 aliphatic rings. The molecular weight excluding hydrogens is 395 g/mol. The summed E-state index contributed by atoms with van der Waals surface area (Å²) < 4.78 is 50.0. The van der Waals surface area contributed by atoms with Crippen LogP contribution in [0.5, 0.6) is 5.75 Å². The largest absolute Gasteiger partial charge is 0.492 e. The van der Waals surface area contributed by atoms with Crippen LogP contribution in [-0.4, -0.2) is 53.2 Å². The Labute approximate surface area is 171 Å². The molecule has 0 atom stereocenters. The van der Waals surface area contributed by atoms with Gasteiger partial charge < -0.3 is 14.8 Å². The quantitative estimate of drug-likeness (QED) is 0.663. The maximum Gasteiger partial charge on any atom is 0.242 e. The van der Waals surface area contributed by atoms with Gasteiger partial charge in [0.25, 0.3) is 0 Å². The Kier molecular flexibility index (Phi) is 6.89. The van der Waals surface area contributed by atoms with Crippen LogP contribution < -0.4 is 10.1 Å². The van der Waals surface area contributed by atoms with Gasteiger partial charge in [-0.15, -0.1) is 0 Å². The van der Waals surface area contributed by atoms with Crippen LogP contribution in [0.25, 0.3) is 0 Å². The summed E-state index contributed by atoms with van der Waals surface area (Å²) in [6.07, 6.45) is 1.60. The average Bonchev–Trinajstić information content (AvgIpc) is 2.72. The van der Waals surface area contributed by atoms with E-state index in [-0.39, 0.29) is 16.3 Å². The first-order valence-electron chi connectivity index (χ1n) is 9.58. The second-order valence-corrected chi connectivity index (χ2v) is 9.39. The number of halogens is 1. The summed E-state index contributed by atoms with van der Waals surface area (Å²) in [4.78, 5) is 0.227. The Balaban J connectivity index is 1.58. The van der Waals surface area contributed by atoms with E-state index in [1.807, 2.05) is 12.1 Å². The minimum atomic E-state index is -3.45. The topological polar surface area (TPSA) is 67.9 Å². The number of rotatable bonds is 8. The molecule has 8 heteroatoms. The molecule has 1 saturated heterocycles. The van der Waals surface area contributed by atoms with Gasteiger partial charge in [-0.2, -0.15) is 0 Å². The Morgan fingerprint density at radius 1 is 1.07 bits per heavy atom. The summed E-state index contributed by atoms with van der Waals surface area (Å²) in [6.45, 7) is 2.30. The van der Waals surface area contributed by atoms with Gasteiger partial charge in [-0.1, -0.05) is 12.1 Å². The zero-order chi connectivity index (χ0) is 20.9. The van der Waals surface area contributed by atoms with Crippen LogP contribution in [0.1, 0.15) is 18.4 Å². The van der Waals surface area contributed by atoms with Gasteiger partial charge in [-0.05, 0) is 54.8 Å². The van der Waals surface area contributed by atoms with Gasteiger partial charge in [0.2, 0.25) is 10.0 Å². The van der Waals surface area contributed by atoms with Crippen LogP contribution in [0.15, 0.2) is 53.4 Å². The Morgan fingerprint density at radius 3 is 2.28 bits per heavy atom. The van der Waals surface area contributed by atoms with Gasteiger partial charge in [-0.25, -0.2) is 17.1 Å². The molecule has 2 aromatic carbocycles. The number of nitrogens with one attached hydrogen (secondary N) is 1. The molecule has 0 amide bonds.